The number of carbonyl (C=O) groups is 1. The van der Waals surface area contributed by atoms with Crippen molar-refractivity contribution in [2.24, 2.45) is 0 Å². The third-order valence-electron chi connectivity index (χ3n) is 4.42. The molecular weight excluding hydrogens is 374 g/mol. The molecule has 0 aliphatic rings. The van der Waals surface area contributed by atoms with E-state index in [1.165, 1.54) is 25.3 Å². The number of ether oxygens (including phenoxy) is 1. The number of rotatable bonds is 5. The van der Waals surface area contributed by atoms with Crippen molar-refractivity contribution in [3.8, 4) is 17.1 Å². The first-order valence-electron chi connectivity index (χ1n) is 8.65. The summed E-state index contributed by atoms with van der Waals surface area (Å²) in [5.41, 5.74) is 2.08. The number of anilines is 1. The van der Waals surface area contributed by atoms with Gasteiger partial charge in [0.05, 0.1) is 29.2 Å². The highest BCUT2D eigenvalue weighted by atomic mass is 16.6. The van der Waals surface area contributed by atoms with Crippen molar-refractivity contribution in [3.63, 3.8) is 0 Å². The molecule has 0 saturated carbocycles. The SMILES string of the molecule is COc1cc([N+](=O)[O-])ccc1NC(=O)c1ccc2noc(-c3ccccc3)c2c1. The minimum absolute atomic E-state index is 0.127. The van der Waals surface area contributed by atoms with Gasteiger partial charge >= 0.3 is 0 Å². The predicted octanol–water partition coefficient (Wildman–Crippen LogP) is 4.66. The lowest BCUT2D eigenvalue weighted by Gasteiger charge is -2.10. The van der Waals surface area contributed by atoms with Gasteiger partial charge < -0.3 is 14.6 Å². The maximum atomic E-state index is 12.8. The van der Waals surface area contributed by atoms with Gasteiger partial charge in [0, 0.05) is 17.2 Å². The molecule has 29 heavy (non-hydrogen) atoms. The highest BCUT2D eigenvalue weighted by Crippen LogP contribution is 2.31. The molecule has 0 atom stereocenters. The van der Waals surface area contributed by atoms with Gasteiger partial charge in [-0.2, -0.15) is 0 Å². The first kappa shape index (κ1) is 18.2. The Hall–Kier alpha value is -4.20. The number of aromatic nitrogens is 1. The van der Waals surface area contributed by atoms with E-state index in [-0.39, 0.29) is 17.3 Å². The average molecular weight is 389 g/mol. The summed E-state index contributed by atoms with van der Waals surface area (Å²) in [6.07, 6.45) is 0. The van der Waals surface area contributed by atoms with E-state index in [9.17, 15) is 14.9 Å². The molecule has 1 N–H and O–H groups in total. The fourth-order valence-electron chi connectivity index (χ4n) is 2.97. The second kappa shape index (κ2) is 7.43. The lowest BCUT2D eigenvalue weighted by molar-refractivity contribution is -0.384. The monoisotopic (exact) mass is 389 g/mol. The Morgan fingerprint density at radius 2 is 1.90 bits per heavy atom. The molecule has 0 aliphatic heterocycles. The van der Waals surface area contributed by atoms with Crippen LogP contribution in [0, 0.1) is 10.1 Å². The summed E-state index contributed by atoms with van der Waals surface area (Å²) in [4.78, 5) is 23.2. The van der Waals surface area contributed by atoms with Gasteiger partial charge in [0.25, 0.3) is 11.6 Å². The van der Waals surface area contributed by atoms with E-state index in [1.54, 1.807) is 18.2 Å². The number of benzene rings is 3. The standard InChI is InChI=1S/C21H15N3O5/c1-28-19-12-15(24(26)27)8-10-18(19)22-21(25)14-7-9-17-16(11-14)20(29-23-17)13-5-3-2-4-6-13/h2-12H,1H3,(H,22,25). The van der Waals surface area contributed by atoms with Crippen molar-refractivity contribution in [1.29, 1.82) is 0 Å². The van der Waals surface area contributed by atoms with Gasteiger partial charge in [-0.3, -0.25) is 14.9 Å². The number of methoxy groups -OCH3 is 1. The minimum atomic E-state index is -0.529. The highest BCUT2D eigenvalue weighted by Gasteiger charge is 2.17. The smallest absolute Gasteiger partial charge is 0.273 e. The quantitative estimate of drug-likeness (QED) is 0.393. The summed E-state index contributed by atoms with van der Waals surface area (Å²) in [6.45, 7) is 0. The van der Waals surface area contributed by atoms with Crippen LogP contribution in [-0.4, -0.2) is 23.1 Å². The van der Waals surface area contributed by atoms with Gasteiger partial charge in [-0.1, -0.05) is 35.5 Å². The zero-order chi connectivity index (χ0) is 20.4. The van der Waals surface area contributed by atoms with Gasteiger partial charge in [0.15, 0.2) is 5.76 Å². The van der Waals surface area contributed by atoms with Crippen LogP contribution < -0.4 is 10.1 Å². The third kappa shape index (κ3) is 3.51. The molecule has 0 unspecified atom stereocenters. The molecule has 144 valence electrons. The van der Waals surface area contributed by atoms with Crippen molar-refractivity contribution in [3.05, 3.63) is 82.4 Å². The van der Waals surface area contributed by atoms with Crippen LogP contribution in [0.2, 0.25) is 0 Å². The zero-order valence-corrected chi connectivity index (χ0v) is 15.3. The van der Waals surface area contributed by atoms with Crippen LogP contribution in [0.25, 0.3) is 22.2 Å². The molecule has 1 heterocycles. The Kier molecular flexibility index (Phi) is 4.66. The Labute approximate surface area is 164 Å². The maximum Gasteiger partial charge on any atom is 0.273 e. The van der Waals surface area contributed by atoms with Crippen molar-refractivity contribution in [1.82, 2.24) is 5.16 Å². The Morgan fingerprint density at radius 3 is 2.62 bits per heavy atom. The summed E-state index contributed by atoms with van der Waals surface area (Å²) < 4.78 is 10.6. The molecule has 0 saturated heterocycles. The van der Waals surface area contributed by atoms with Gasteiger partial charge in [0.2, 0.25) is 0 Å². The maximum absolute atomic E-state index is 12.8. The number of carbonyl (C=O) groups excluding carboxylic acids is 1. The van der Waals surface area contributed by atoms with Crippen LogP contribution in [0.4, 0.5) is 11.4 Å². The molecule has 0 aliphatic carbocycles. The second-order valence-corrected chi connectivity index (χ2v) is 6.21. The number of fused-ring (bicyclic) bond motifs is 1. The number of non-ortho nitro benzene ring substituents is 1. The van der Waals surface area contributed by atoms with E-state index < -0.39 is 4.92 Å². The fraction of sp³-hybridized carbons (Fsp3) is 0.0476. The molecule has 3 aromatic carbocycles. The molecule has 4 rings (SSSR count). The number of nitrogens with zero attached hydrogens (tertiary/aromatic N) is 2. The van der Waals surface area contributed by atoms with Crippen LogP contribution in [0.3, 0.4) is 0 Å². The molecular formula is C21H15N3O5. The summed E-state index contributed by atoms with van der Waals surface area (Å²) >= 11 is 0. The zero-order valence-electron chi connectivity index (χ0n) is 15.3. The van der Waals surface area contributed by atoms with Gasteiger partial charge in [0.1, 0.15) is 11.3 Å². The highest BCUT2D eigenvalue weighted by molar-refractivity contribution is 6.08. The molecule has 0 bridgehead atoms. The largest absolute Gasteiger partial charge is 0.494 e. The summed E-state index contributed by atoms with van der Waals surface area (Å²) in [7, 11) is 1.38. The normalized spacial score (nSPS) is 10.7. The Morgan fingerprint density at radius 1 is 1.10 bits per heavy atom. The van der Waals surface area contributed by atoms with E-state index in [2.05, 4.69) is 10.5 Å². The van der Waals surface area contributed by atoms with Crippen LogP contribution in [0.15, 0.2) is 71.3 Å². The average Bonchev–Trinajstić information content (AvgIpc) is 3.17. The fourth-order valence-corrected chi connectivity index (χ4v) is 2.97. The van der Waals surface area contributed by atoms with Crippen LogP contribution in [0.1, 0.15) is 10.4 Å². The van der Waals surface area contributed by atoms with E-state index >= 15 is 0 Å². The number of hydrogen-bond donors (Lipinski definition) is 1. The molecule has 1 amide bonds. The van der Waals surface area contributed by atoms with E-state index in [4.69, 9.17) is 9.26 Å². The Bertz CT molecular complexity index is 1220. The first-order valence-corrected chi connectivity index (χ1v) is 8.65. The topological polar surface area (TPSA) is 108 Å². The van der Waals surface area contributed by atoms with E-state index in [0.717, 1.165) is 5.56 Å². The van der Waals surface area contributed by atoms with E-state index in [0.29, 0.717) is 27.9 Å². The number of nitrogens with one attached hydrogen (secondary N) is 1. The second-order valence-electron chi connectivity index (χ2n) is 6.21. The van der Waals surface area contributed by atoms with Gasteiger partial charge in [-0.05, 0) is 24.3 Å². The lowest BCUT2D eigenvalue weighted by Crippen LogP contribution is -2.12. The van der Waals surface area contributed by atoms with Crippen molar-refractivity contribution in [2.75, 3.05) is 12.4 Å². The van der Waals surface area contributed by atoms with Gasteiger partial charge in [-0.15, -0.1) is 0 Å². The minimum Gasteiger partial charge on any atom is -0.494 e. The molecule has 1 aromatic heterocycles. The molecule has 4 aromatic rings. The van der Waals surface area contributed by atoms with E-state index in [1.807, 2.05) is 30.3 Å². The number of amides is 1. The summed E-state index contributed by atoms with van der Waals surface area (Å²) in [5, 5.41) is 18.4. The molecule has 0 radical (unpaired) electrons. The number of nitro benzene ring substituents is 1. The van der Waals surface area contributed by atoms with Crippen molar-refractivity contribution in [2.45, 2.75) is 0 Å². The summed E-state index contributed by atoms with van der Waals surface area (Å²) in [6, 6.07) is 18.5. The number of hydrogen-bond acceptors (Lipinski definition) is 6. The molecule has 0 fully saturated rings. The lowest BCUT2D eigenvalue weighted by atomic mass is 10.1. The predicted molar refractivity (Wildman–Crippen MR) is 107 cm³/mol. The molecule has 8 heteroatoms. The van der Waals surface area contributed by atoms with Crippen molar-refractivity contribution < 1.29 is 19.0 Å². The first-order chi connectivity index (χ1) is 14.1. The number of nitro groups is 1. The van der Waals surface area contributed by atoms with Gasteiger partial charge in [-0.25, -0.2) is 0 Å². The van der Waals surface area contributed by atoms with Crippen molar-refractivity contribution >= 4 is 28.2 Å². The summed E-state index contributed by atoms with van der Waals surface area (Å²) in [5.74, 6) is 0.381. The molecule has 8 nitrogen and oxygen atoms in total. The Balaban J connectivity index is 1.67. The third-order valence-corrected chi connectivity index (χ3v) is 4.42. The van der Waals surface area contributed by atoms with Crippen LogP contribution in [-0.2, 0) is 0 Å². The van der Waals surface area contributed by atoms with Crippen LogP contribution >= 0.6 is 0 Å². The van der Waals surface area contributed by atoms with Crippen LogP contribution in [0.5, 0.6) is 5.75 Å². The molecule has 0 spiro atoms.